The lowest BCUT2D eigenvalue weighted by atomic mass is 10.2. The van der Waals surface area contributed by atoms with Crippen LogP contribution in [-0.4, -0.2) is 10.9 Å². The zero-order chi connectivity index (χ0) is 12.8. The summed E-state index contributed by atoms with van der Waals surface area (Å²) < 4.78 is 1.01. The van der Waals surface area contributed by atoms with Crippen LogP contribution in [0.25, 0.3) is 0 Å². The highest BCUT2D eigenvalue weighted by molar-refractivity contribution is 14.1. The zero-order valence-electron chi connectivity index (χ0n) is 9.35. The molecule has 1 amide bonds. The average Bonchev–Trinajstić information content (AvgIpc) is 2.40. The minimum absolute atomic E-state index is 0.368. The van der Waals surface area contributed by atoms with E-state index < -0.39 is 0 Å². The van der Waals surface area contributed by atoms with E-state index in [2.05, 4.69) is 44.7 Å². The highest BCUT2D eigenvalue weighted by Gasteiger charge is 1.98. The monoisotopic (exact) mass is 348 g/mol. The molecule has 4 heteroatoms. The summed E-state index contributed by atoms with van der Waals surface area (Å²) in [6.45, 7) is 0. The van der Waals surface area contributed by atoms with Gasteiger partial charge in [-0.2, -0.15) is 0 Å². The van der Waals surface area contributed by atoms with Gasteiger partial charge in [0, 0.05) is 21.3 Å². The summed E-state index contributed by atoms with van der Waals surface area (Å²) in [5.41, 5.74) is 0.809. The van der Waals surface area contributed by atoms with E-state index in [-0.39, 0.29) is 5.91 Å². The lowest BCUT2D eigenvalue weighted by molar-refractivity contribution is -0.111. The van der Waals surface area contributed by atoms with E-state index in [1.165, 1.54) is 0 Å². The molecular formula is C14H9IN2O. The molecule has 1 N–H and O–H groups in total. The molecule has 0 saturated carbocycles. The fourth-order valence-corrected chi connectivity index (χ4v) is 1.57. The molecule has 0 aliphatic carbocycles. The van der Waals surface area contributed by atoms with Gasteiger partial charge in [0.2, 0.25) is 0 Å². The van der Waals surface area contributed by atoms with Crippen LogP contribution in [0.5, 0.6) is 0 Å². The van der Waals surface area contributed by atoms with Crippen LogP contribution in [0.2, 0.25) is 0 Å². The van der Waals surface area contributed by atoms with E-state index in [0.29, 0.717) is 5.82 Å². The van der Waals surface area contributed by atoms with Gasteiger partial charge in [-0.3, -0.25) is 10.1 Å². The number of halogens is 1. The minimum Gasteiger partial charge on any atom is -0.300 e. The normalized spacial score (nSPS) is 9.17. The first kappa shape index (κ1) is 12.6. The van der Waals surface area contributed by atoms with Gasteiger partial charge >= 0.3 is 5.91 Å². The summed E-state index contributed by atoms with van der Waals surface area (Å²) in [5, 5.41) is 2.61. The van der Waals surface area contributed by atoms with Gasteiger partial charge in [-0.1, -0.05) is 24.1 Å². The Bertz CT molecular complexity index is 597. The average molecular weight is 348 g/mol. The second kappa shape index (κ2) is 6.17. The maximum atomic E-state index is 11.5. The van der Waals surface area contributed by atoms with Gasteiger partial charge in [0.25, 0.3) is 0 Å². The third kappa shape index (κ3) is 3.86. The van der Waals surface area contributed by atoms with Crippen molar-refractivity contribution in [2.45, 2.75) is 0 Å². The van der Waals surface area contributed by atoms with Gasteiger partial charge < -0.3 is 0 Å². The summed E-state index contributed by atoms with van der Waals surface area (Å²) in [4.78, 5) is 15.6. The van der Waals surface area contributed by atoms with E-state index in [9.17, 15) is 4.79 Å². The van der Waals surface area contributed by atoms with Crippen LogP contribution in [0.3, 0.4) is 0 Å². The molecule has 0 atom stereocenters. The van der Waals surface area contributed by atoms with Crippen molar-refractivity contribution in [3.8, 4) is 11.8 Å². The molecule has 0 bridgehead atoms. The second-order valence-corrected chi connectivity index (χ2v) is 4.68. The first-order chi connectivity index (χ1) is 8.74. The molecule has 18 heavy (non-hydrogen) atoms. The Morgan fingerprint density at radius 2 is 1.94 bits per heavy atom. The van der Waals surface area contributed by atoms with Gasteiger partial charge in [0.05, 0.1) is 0 Å². The van der Waals surface area contributed by atoms with Crippen LogP contribution >= 0.6 is 22.6 Å². The second-order valence-electron chi connectivity index (χ2n) is 3.43. The van der Waals surface area contributed by atoms with Crippen LogP contribution in [0.15, 0.2) is 48.7 Å². The van der Waals surface area contributed by atoms with Crippen molar-refractivity contribution in [3.05, 3.63) is 57.8 Å². The SMILES string of the molecule is O=C(C#Cc1ccccc1)Nc1ccc(I)cn1. The van der Waals surface area contributed by atoms with Gasteiger partial charge in [-0.15, -0.1) is 0 Å². The topological polar surface area (TPSA) is 42.0 Å². The van der Waals surface area contributed by atoms with E-state index >= 15 is 0 Å². The number of aromatic nitrogens is 1. The van der Waals surface area contributed by atoms with E-state index in [4.69, 9.17) is 0 Å². The van der Waals surface area contributed by atoms with E-state index in [1.807, 2.05) is 36.4 Å². The van der Waals surface area contributed by atoms with Crippen LogP contribution in [-0.2, 0) is 4.79 Å². The van der Waals surface area contributed by atoms with Crippen LogP contribution in [0.4, 0.5) is 5.82 Å². The summed E-state index contributed by atoms with van der Waals surface area (Å²) in [6.07, 6.45) is 1.68. The van der Waals surface area contributed by atoms with Crippen molar-refractivity contribution in [1.82, 2.24) is 4.98 Å². The van der Waals surface area contributed by atoms with Gasteiger partial charge in [0.1, 0.15) is 5.82 Å². The van der Waals surface area contributed by atoms with Crippen molar-refractivity contribution >= 4 is 34.3 Å². The van der Waals surface area contributed by atoms with Crippen LogP contribution < -0.4 is 5.32 Å². The number of hydrogen-bond donors (Lipinski definition) is 1. The number of benzene rings is 1. The van der Waals surface area contributed by atoms with Gasteiger partial charge in [0.15, 0.2) is 0 Å². The van der Waals surface area contributed by atoms with Crippen LogP contribution in [0.1, 0.15) is 5.56 Å². The Labute approximate surface area is 119 Å². The highest BCUT2D eigenvalue weighted by Crippen LogP contribution is 2.06. The predicted molar refractivity (Wildman–Crippen MR) is 78.9 cm³/mol. The molecule has 1 heterocycles. The quantitative estimate of drug-likeness (QED) is 0.636. The fourth-order valence-electron chi connectivity index (χ4n) is 1.25. The molecule has 0 spiro atoms. The first-order valence-corrected chi connectivity index (χ1v) is 6.31. The largest absolute Gasteiger partial charge is 0.301 e. The van der Waals surface area contributed by atoms with E-state index in [1.54, 1.807) is 12.3 Å². The lowest BCUT2D eigenvalue weighted by Crippen LogP contribution is -2.09. The number of pyridine rings is 1. The van der Waals surface area contributed by atoms with Crippen molar-refractivity contribution < 1.29 is 4.79 Å². The number of carbonyl (C=O) groups is 1. The molecule has 1 aromatic carbocycles. The molecule has 0 unspecified atom stereocenters. The third-order valence-corrected chi connectivity index (χ3v) is 2.70. The van der Waals surface area contributed by atoms with Crippen LogP contribution in [0, 0.1) is 15.4 Å². The number of carbonyl (C=O) groups excluding carboxylic acids is 1. The van der Waals surface area contributed by atoms with Gasteiger partial charge in [-0.25, -0.2) is 4.98 Å². The minimum atomic E-state index is -0.368. The van der Waals surface area contributed by atoms with Crippen molar-refractivity contribution in [2.24, 2.45) is 0 Å². The fraction of sp³-hybridized carbons (Fsp3) is 0. The third-order valence-electron chi connectivity index (χ3n) is 2.06. The summed E-state index contributed by atoms with van der Waals surface area (Å²) in [5.74, 6) is 5.44. The Morgan fingerprint density at radius 3 is 2.61 bits per heavy atom. The molecule has 0 fully saturated rings. The predicted octanol–water partition coefficient (Wildman–Crippen LogP) is 2.68. The lowest BCUT2D eigenvalue weighted by Gasteiger charge is -1.98. The van der Waals surface area contributed by atoms with Crippen molar-refractivity contribution in [1.29, 1.82) is 0 Å². The summed E-state index contributed by atoms with van der Waals surface area (Å²) >= 11 is 2.15. The first-order valence-electron chi connectivity index (χ1n) is 5.23. The molecule has 0 aliphatic rings. The Balaban J connectivity index is 2.01. The number of rotatable bonds is 1. The number of nitrogens with one attached hydrogen (secondary N) is 1. The maximum Gasteiger partial charge on any atom is 0.301 e. The molecule has 0 aliphatic heterocycles. The number of anilines is 1. The van der Waals surface area contributed by atoms with Crippen molar-refractivity contribution in [2.75, 3.05) is 5.32 Å². The zero-order valence-corrected chi connectivity index (χ0v) is 11.5. The molecule has 0 saturated heterocycles. The Hall–Kier alpha value is -1.87. The molecule has 88 valence electrons. The van der Waals surface area contributed by atoms with E-state index in [0.717, 1.165) is 9.13 Å². The molecule has 3 nitrogen and oxygen atoms in total. The maximum absolute atomic E-state index is 11.5. The van der Waals surface area contributed by atoms with Gasteiger partial charge in [-0.05, 0) is 46.9 Å². The van der Waals surface area contributed by atoms with Crippen molar-refractivity contribution in [3.63, 3.8) is 0 Å². The number of hydrogen-bond acceptors (Lipinski definition) is 2. The number of amides is 1. The Kier molecular flexibility index (Phi) is 4.31. The highest BCUT2D eigenvalue weighted by atomic mass is 127. The molecule has 0 radical (unpaired) electrons. The molecule has 2 aromatic rings. The molecular weight excluding hydrogens is 339 g/mol. The Morgan fingerprint density at radius 1 is 1.17 bits per heavy atom. The summed E-state index contributed by atoms with van der Waals surface area (Å²) in [7, 11) is 0. The standard InChI is InChI=1S/C14H9IN2O/c15-12-7-8-13(16-10-12)17-14(18)9-6-11-4-2-1-3-5-11/h1-5,7-8,10H,(H,16,17,18). The molecule has 1 aromatic heterocycles. The molecule has 2 rings (SSSR count). The summed E-state index contributed by atoms with van der Waals surface area (Å²) in [6, 6.07) is 13.0. The number of nitrogens with zero attached hydrogens (tertiary/aromatic N) is 1. The smallest absolute Gasteiger partial charge is 0.300 e.